The Labute approximate surface area is 78.8 Å². The van der Waals surface area contributed by atoms with E-state index in [9.17, 15) is 4.79 Å². The second kappa shape index (κ2) is 2.99. The van der Waals surface area contributed by atoms with Crippen molar-refractivity contribution in [2.75, 3.05) is 0 Å². The maximum atomic E-state index is 10.8. The summed E-state index contributed by atoms with van der Waals surface area (Å²) in [4.78, 5) is 10.8. The molecule has 0 unspecified atom stereocenters. The molecule has 0 aromatic heterocycles. The molecule has 68 valence electrons. The molecule has 1 heteroatoms. The number of hydrogen-bond donors (Lipinski definition) is 0. The third kappa shape index (κ3) is 1.28. The molecule has 1 nitrogen and oxygen atoms in total. The molecule has 1 aliphatic carbocycles. The summed E-state index contributed by atoms with van der Waals surface area (Å²) in [5, 5.41) is 0. The molecule has 0 heterocycles. The number of hydrogen-bond acceptors (Lipinski definition) is 1. The highest BCUT2D eigenvalue weighted by molar-refractivity contribution is 5.78. The topological polar surface area (TPSA) is 17.1 Å². The van der Waals surface area contributed by atoms with Gasteiger partial charge in [-0.25, -0.2) is 0 Å². The van der Waals surface area contributed by atoms with Gasteiger partial charge in [-0.2, -0.15) is 0 Å². The number of benzene rings is 1. The zero-order valence-corrected chi connectivity index (χ0v) is 7.92. The zero-order chi connectivity index (χ0) is 9.31. The molecule has 1 aliphatic rings. The monoisotopic (exact) mass is 174 g/mol. The fourth-order valence-corrected chi connectivity index (χ4v) is 2.05. The van der Waals surface area contributed by atoms with Crippen LogP contribution in [-0.4, -0.2) is 6.29 Å². The molecule has 13 heavy (non-hydrogen) atoms. The Morgan fingerprint density at radius 2 is 2.08 bits per heavy atom. The van der Waals surface area contributed by atoms with Crippen LogP contribution in [0, 0.1) is 0 Å². The summed E-state index contributed by atoms with van der Waals surface area (Å²) >= 11 is 0. The summed E-state index contributed by atoms with van der Waals surface area (Å²) in [6, 6.07) is 7.97. The van der Waals surface area contributed by atoms with Crippen LogP contribution in [0.5, 0.6) is 0 Å². The van der Waals surface area contributed by atoms with Gasteiger partial charge in [-0.15, -0.1) is 0 Å². The van der Waals surface area contributed by atoms with Crippen molar-refractivity contribution >= 4 is 6.29 Å². The van der Waals surface area contributed by atoms with E-state index in [-0.39, 0.29) is 0 Å². The van der Waals surface area contributed by atoms with E-state index in [0.29, 0.717) is 5.41 Å². The molecule has 1 aromatic carbocycles. The van der Waals surface area contributed by atoms with Crippen LogP contribution in [0.25, 0.3) is 0 Å². The first-order chi connectivity index (χ1) is 6.32. The number of aldehydes is 1. The van der Waals surface area contributed by atoms with E-state index in [1.54, 1.807) is 0 Å². The maximum absolute atomic E-state index is 10.8. The van der Waals surface area contributed by atoms with Crippen molar-refractivity contribution in [3.63, 3.8) is 0 Å². The molecular formula is C12H14O. The molecule has 0 radical (unpaired) electrons. The van der Waals surface area contributed by atoms with E-state index >= 15 is 0 Å². The molecule has 0 bridgehead atoms. The SMILES string of the molecule is CCC1(c2ccccc2C=O)CC1. The minimum Gasteiger partial charge on any atom is -0.298 e. The van der Waals surface area contributed by atoms with Crippen molar-refractivity contribution in [2.24, 2.45) is 0 Å². The molecule has 1 saturated carbocycles. The zero-order valence-electron chi connectivity index (χ0n) is 7.92. The van der Waals surface area contributed by atoms with E-state index in [1.807, 2.05) is 18.2 Å². The van der Waals surface area contributed by atoms with Gasteiger partial charge in [0.15, 0.2) is 0 Å². The van der Waals surface area contributed by atoms with Gasteiger partial charge in [0.2, 0.25) is 0 Å². The van der Waals surface area contributed by atoms with Crippen molar-refractivity contribution in [1.29, 1.82) is 0 Å². The minimum atomic E-state index is 0.345. The number of rotatable bonds is 3. The Morgan fingerprint density at radius 3 is 2.62 bits per heavy atom. The van der Waals surface area contributed by atoms with E-state index in [4.69, 9.17) is 0 Å². The van der Waals surface area contributed by atoms with Gasteiger partial charge in [-0.3, -0.25) is 4.79 Å². The molecule has 2 rings (SSSR count). The van der Waals surface area contributed by atoms with Crippen LogP contribution in [0.3, 0.4) is 0 Å². The second-order valence-corrected chi connectivity index (χ2v) is 3.84. The molecule has 1 fully saturated rings. The Balaban J connectivity index is 2.44. The van der Waals surface area contributed by atoms with Crippen LogP contribution in [-0.2, 0) is 5.41 Å². The highest BCUT2D eigenvalue weighted by Gasteiger charge is 2.43. The van der Waals surface area contributed by atoms with Crippen LogP contribution in [0.1, 0.15) is 42.1 Å². The summed E-state index contributed by atoms with van der Waals surface area (Å²) in [6.07, 6.45) is 4.62. The predicted molar refractivity (Wildman–Crippen MR) is 53.0 cm³/mol. The van der Waals surface area contributed by atoms with Gasteiger partial charge < -0.3 is 0 Å². The van der Waals surface area contributed by atoms with Gasteiger partial charge in [-0.1, -0.05) is 31.2 Å². The fraction of sp³-hybridized carbons (Fsp3) is 0.417. The average Bonchev–Trinajstić information content (AvgIpc) is 2.98. The standard InChI is InChI=1S/C12H14O/c1-2-12(7-8-12)11-6-4-3-5-10(11)9-13/h3-6,9H,2,7-8H2,1H3. The first-order valence-corrected chi connectivity index (χ1v) is 4.87. The fourth-order valence-electron chi connectivity index (χ4n) is 2.05. The molecule has 0 saturated heterocycles. The highest BCUT2D eigenvalue weighted by Crippen LogP contribution is 2.51. The molecule has 1 aromatic rings. The lowest BCUT2D eigenvalue weighted by Gasteiger charge is -2.14. The smallest absolute Gasteiger partial charge is 0.150 e. The average molecular weight is 174 g/mol. The van der Waals surface area contributed by atoms with Crippen LogP contribution in [0.4, 0.5) is 0 Å². The third-order valence-electron chi connectivity index (χ3n) is 3.19. The van der Waals surface area contributed by atoms with Gasteiger partial charge in [0.1, 0.15) is 6.29 Å². The summed E-state index contributed by atoms with van der Waals surface area (Å²) in [6.45, 7) is 2.20. The first kappa shape index (κ1) is 8.49. The van der Waals surface area contributed by atoms with Gasteiger partial charge in [0.25, 0.3) is 0 Å². The lowest BCUT2D eigenvalue weighted by atomic mass is 9.90. The minimum absolute atomic E-state index is 0.345. The van der Waals surface area contributed by atoms with Crippen LogP contribution in [0.15, 0.2) is 24.3 Å². The van der Waals surface area contributed by atoms with E-state index in [2.05, 4.69) is 13.0 Å². The molecule has 0 aliphatic heterocycles. The lowest BCUT2D eigenvalue weighted by Crippen LogP contribution is -2.07. The van der Waals surface area contributed by atoms with Crippen molar-refractivity contribution < 1.29 is 4.79 Å². The van der Waals surface area contributed by atoms with Crippen LogP contribution in [0.2, 0.25) is 0 Å². The number of carbonyl (C=O) groups is 1. The summed E-state index contributed by atoms with van der Waals surface area (Å²) in [5.41, 5.74) is 2.48. The molecular weight excluding hydrogens is 160 g/mol. The van der Waals surface area contributed by atoms with Crippen molar-refractivity contribution in [1.82, 2.24) is 0 Å². The summed E-state index contributed by atoms with van der Waals surface area (Å²) in [7, 11) is 0. The molecule has 0 amide bonds. The van der Waals surface area contributed by atoms with Crippen LogP contribution >= 0.6 is 0 Å². The largest absolute Gasteiger partial charge is 0.298 e. The van der Waals surface area contributed by atoms with E-state index in [0.717, 1.165) is 18.3 Å². The molecule has 0 atom stereocenters. The Hall–Kier alpha value is -1.11. The quantitative estimate of drug-likeness (QED) is 0.644. The van der Waals surface area contributed by atoms with Crippen molar-refractivity contribution in [3.8, 4) is 0 Å². The van der Waals surface area contributed by atoms with Crippen molar-refractivity contribution in [3.05, 3.63) is 35.4 Å². The summed E-state index contributed by atoms with van der Waals surface area (Å²) < 4.78 is 0. The van der Waals surface area contributed by atoms with Gasteiger partial charge in [0.05, 0.1) is 0 Å². The van der Waals surface area contributed by atoms with Crippen LogP contribution < -0.4 is 0 Å². The highest BCUT2D eigenvalue weighted by atomic mass is 16.1. The normalized spacial score (nSPS) is 18.2. The second-order valence-electron chi connectivity index (χ2n) is 3.84. The molecule has 0 spiro atoms. The van der Waals surface area contributed by atoms with Crippen molar-refractivity contribution in [2.45, 2.75) is 31.6 Å². The maximum Gasteiger partial charge on any atom is 0.150 e. The third-order valence-corrected chi connectivity index (χ3v) is 3.19. The lowest BCUT2D eigenvalue weighted by molar-refractivity contribution is 0.112. The van der Waals surface area contributed by atoms with Gasteiger partial charge >= 0.3 is 0 Å². The molecule has 0 N–H and O–H groups in total. The van der Waals surface area contributed by atoms with E-state index < -0.39 is 0 Å². The first-order valence-electron chi connectivity index (χ1n) is 4.87. The van der Waals surface area contributed by atoms with Gasteiger partial charge in [-0.05, 0) is 30.2 Å². The van der Waals surface area contributed by atoms with E-state index in [1.165, 1.54) is 18.4 Å². The predicted octanol–water partition coefficient (Wildman–Crippen LogP) is 2.94. The number of carbonyl (C=O) groups excluding carboxylic acids is 1. The summed E-state index contributed by atoms with van der Waals surface area (Å²) in [5.74, 6) is 0. The Kier molecular flexibility index (Phi) is 1.95. The Morgan fingerprint density at radius 1 is 1.38 bits per heavy atom. The van der Waals surface area contributed by atoms with Gasteiger partial charge in [0, 0.05) is 5.56 Å². The Bertz CT molecular complexity index is 324.